The molecule has 0 aromatic heterocycles. The third-order valence-corrected chi connectivity index (χ3v) is 3.11. The first-order chi connectivity index (χ1) is 6.15. The molecule has 3 unspecified atom stereocenters. The van der Waals surface area contributed by atoms with Crippen LogP contribution < -0.4 is 0 Å². The van der Waals surface area contributed by atoms with E-state index in [1.54, 1.807) is 0 Å². The van der Waals surface area contributed by atoms with Gasteiger partial charge in [0.1, 0.15) is 0 Å². The van der Waals surface area contributed by atoms with Crippen LogP contribution in [0.5, 0.6) is 0 Å². The Labute approximate surface area is 82.1 Å². The Morgan fingerprint density at radius 3 is 2.08 bits per heavy atom. The summed E-state index contributed by atoms with van der Waals surface area (Å²) in [4.78, 5) is 10.2. The van der Waals surface area contributed by atoms with Crippen molar-refractivity contribution in [3.8, 4) is 0 Å². The first-order valence-corrected chi connectivity index (χ1v) is 5.48. The van der Waals surface area contributed by atoms with Crippen molar-refractivity contribution < 1.29 is 0 Å². The van der Waals surface area contributed by atoms with Crippen molar-refractivity contribution in [3.05, 3.63) is 4.91 Å². The minimum atomic E-state index is -0.00175. The topological polar surface area (TPSA) is 29.4 Å². The van der Waals surface area contributed by atoms with E-state index in [4.69, 9.17) is 0 Å². The lowest BCUT2D eigenvalue weighted by molar-refractivity contribution is 0.304. The fourth-order valence-corrected chi connectivity index (χ4v) is 1.73. The number of nitrogens with zero attached hydrogens (tertiary/aromatic N) is 1. The summed E-state index contributed by atoms with van der Waals surface area (Å²) >= 11 is 0. The molecule has 78 valence electrons. The van der Waals surface area contributed by atoms with Crippen LogP contribution in [0, 0.1) is 16.7 Å². The molecule has 0 aliphatic heterocycles. The monoisotopic (exact) mass is 185 g/mol. The molecule has 0 fully saturated rings. The molecule has 3 atom stereocenters. The van der Waals surface area contributed by atoms with Crippen LogP contribution in [-0.4, -0.2) is 6.04 Å². The van der Waals surface area contributed by atoms with Crippen LogP contribution in [0.25, 0.3) is 0 Å². The van der Waals surface area contributed by atoms with Crippen LogP contribution in [0.2, 0.25) is 0 Å². The fourth-order valence-electron chi connectivity index (χ4n) is 1.73. The Balaban J connectivity index is 3.77. The largest absolute Gasteiger partial charge is 0.151 e. The third-order valence-electron chi connectivity index (χ3n) is 3.11. The normalized spacial score (nSPS) is 17.8. The molecule has 0 aliphatic rings. The van der Waals surface area contributed by atoms with Gasteiger partial charge in [0.15, 0.2) is 0 Å². The van der Waals surface area contributed by atoms with Crippen molar-refractivity contribution in [1.82, 2.24) is 0 Å². The summed E-state index contributed by atoms with van der Waals surface area (Å²) in [6.07, 6.45) is 4.56. The second-order valence-electron chi connectivity index (χ2n) is 4.09. The van der Waals surface area contributed by atoms with E-state index < -0.39 is 0 Å². The van der Waals surface area contributed by atoms with Gasteiger partial charge in [0, 0.05) is 0 Å². The highest BCUT2D eigenvalue weighted by atomic mass is 16.3. The Bertz CT molecular complexity index is 136. The van der Waals surface area contributed by atoms with Gasteiger partial charge in [-0.2, -0.15) is 4.91 Å². The predicted molar refractivity (Wildman–Crippen MR) is 57.7 cm³/mol. The van der Waals surface area contributed by atoms with E-state index in [2.05, 4.69) is 25.9 Å². The van der Waals surface area contributed by atoms with Gasteiger partial charge in [0.05, 0.1) is 6.04 Å². The molecule has 0 aromatic carbocycles. The second-order valence-corrected chi connectivity index (χ2v) is 4.09. The highest BCUT2D eigenvalue weighted by molar-refractivity contribution is 4.67. The van der Waals surface area contributed by atoms with Crippen molar-refractivity contribution in [3.63, 3.8) is 0 Å². The molecule has 0 spiro atoms. The molecule has 0 amide bonds. The van der Waals surface area contributed by atoms with Crippen molar-refractivity contribution in [2.45, 2.75) is 59.4 Å². The number of hydrogen-bond acceptors (Lipinski definition) is 2. The van der Waals surface area contributed by atoms with Crippen LogP contribution in [0.4, 0.5) is 0 Å². The highest BCUT2D eigenvalue weighted by Gasteiger charge is 2.14. The Kier molecular flexibility index (Phi) is 6.83. The summed E-state index contributed by atoms with van der Waals surface area (Å²) in [5.41, 5.74) is 0. The summed E-state index contributed by atoms with van der Waals surface area (Å²) in [6.45, 7) is 8.66. The molecule has 0 radical (unpaired) electrons. The molecule has 0 saturated heterocycles. The van der Waals surface area contributed by atoms with Gasteiger partial charge >= 0.3 is 0 Å². The van der Waals surface area contributed by atoms with Crippen LogP contribution in [0.1, 0.15) is 53.4 Å². The van der Waals surface area contributed by atoms with Gasteiger partial charge in [0.2, 0.25) is 0 Å². The smallest absolute Gasteiger partial charge is 0.0891 e. The first kappa shape index (κ1) is 12.6. The van der Waals surface area contributed by atoms with Gasteiger partial charge in [0.25, 0.3) is 0 Å². The number of nitroso groups, excluding NO2 is 1. The van der Waals surface area contributed by atoms with Gasteiger partial charge in [-0.15, -0.1) is 0 Å². The maximum atomic E-state index is 10.2. The van der Waals surface area contributed by atoms with Crippen LogP contribution in [0.15, 0.2) is 5.18 Å². The van der Waals surface area contributed by atoms with E-state index in [0.29, 0.717) is 0 Å². The zero-order valence-electron chi connectivity index (χ0n) is 9.42. The molecule has 0 heterocycles. The standard InChI is InChI=1S/C11H23NO/c1-5-9(3)11(6-2)8-7-10(4)12-13/h9-11H,5-8H2,1-4H3. The lowest BCUT2D eigenvalue weighted by atomic mass is 9.85. The highest BCUT2D eigenvalue weighted by Crippen LogP contribution is 2.24. The van der Waals surface area contributed by atoms with Gasteiger partial charge in [-0.1, -0.05) is 38.8 Å². The Morgan fingerprint density at radius 1 is 1.08 bits per heavy atom. The van der Waals surface area contributed by atoms with Crippen molar-refractivity contribution >= 4 is 0 Å². The van der Waals surface area contributed by atoms with E-state index in [0.717, 1.165) is 24.7 Å². The van der Waals surface area contributed by atoms with E-state index in [1.807, 2.05) is 6.92 Å². The third kappa shape index (κ3) is 5.02. The number of rotatable bonds is 7. The quantitative estimate of drug-likeness (QED) is 0.551. The van der Waals surface area contributed by atoms with Crippen LogP contribution >= 0.6 is 0 Å². The summed E-state index contributed by atoms with van der Waals surface area (Å²) < 4.78 is 0. The minimum Gasteiger partial charge on any atom is -0.151 e. The lowest BCUT2D eigenvalue weighted by Gasteiger charge is -2.21. The number of hydrogen-bond donors (Lipinski definition) is 0. The van der Waals surface area contributed by atoms with Crippen molar-refractivity contribution in [2.75, 3.05) is 0 Å². The summed E-state index contributed by atoms with van der Waals surface area (Å²) in [7, 11) is 0. The Morgan fingerprint density at radius 2 is 1.69 bits per heavy atom. The molecule has 0 rings (SSSR count). The predicted octanol–water partition coefficient (Wildman–Crippen LogP) is 3.99. The summed E-state index contributed by atoms with van der Waals surface area (Å²) in [5.74, 6) is 1.55. The van der Waals surface area contributed by atoms with E-state index >= 15 is 0 Å². The molecule has 0 N–H and O–H groups in total. The van der Waals surface area contributed by atoms with Gasteiger partial charge in [-0.3, -0.25) is 0 Å². The van der Waals surface area contributed by atoms with Gasteiger partial charge in [-0.05, 0) is 31.6 Å². The molecule has 2 nitrogen and oxygen atoms in total. The molecule has 0 bridgehead atoms. The SMILES string of the molecule is CCC(C)C(CC)CCC(C)N=O. The van der Waals surface area contributed by atoms with Crippen LogP contribution in [0.3, 0.4) is 0 Å². The van der Waals surface area contributed by atoms with E-state index in [1.165, 1.54) is 12.8 Å². The van der Waals surface area contributed by atoms with Gasteiger partial charge < -0.3 is 0 Å². The molecule has 0 aliphatic carbocycles. The van der Waals surface area contributed by atoms with E-state index in [-0.39, 0.29) is 6.04 Å². The zero-order valence-corrected chi connectivity index (χ0v) is 9.42. The fraction of sp³-hybridized carbons (Fsp3) is 1.00. The average molecular weight is 185 g/mol. The second kappa shape index (κ2) is 7.05. The first-order valence-electron chi connectivity index (χ1n) is 5.48. The summed E-state index contributed by atoms with van der Waals surface area (Å²) in [6, 6.07) is -0.00175. The average Bonchev–Trinajstić information content (AvgIpc) is 2.17. The minimum absolute atomic E-state index is 0.00175. The molecular formula is C11H23NO. The molecule has 0 aromatic rings. The lowest BCUT2D eigenvalue weighted by Crippen LogP contribution is -2.12. The zero-order chi connectivity index (χ0) is 10.3. The van der Waals surface area contributed by atoms with Crippen molar-refractivity contribution in [2.24, 2.45) is 17.0 Å². The van der Waals surface area contributed by atoms with Crippen molar-refractivity contribution in [1.29, 1.82) is 0 Å². The molecule has 2 heteroatoms. The van der Waals surface area contributed by atoms with E-state index in [9.17, 15) is 4.91 Å². The molecule has 13 heavy (non-hydrogen) atoms. The van der Waals surface area contributed by atoms with Crippen LogP contribution in [-0.2, 0) is 0 Å². The maximum absolute atomic E-state index is 10.2. The van der Waals surface area contributed by atoms with Gasteiger partial charge in [-0.25, -0.2) is 0 Å². The molecular weight excluding hydrogens is 162 g/mol. The summed E-state index contributed by atoms with van der Waals surface area (Å²) in [5, 5.41) is 3.03. The maximum Gasteiger partial charge on any atom is 0.0891 e. The molecule has 0 saturated carbocycles. The Hall–Kier alpha value is -0.400.